The molecule has 1 aromatic heterocycles. The van der Waals surface area contributed by atoms with Crippen LogP contribution in [0.2, 0.25) is 5.02 Å². The number of hydrogen-bond acceptors (Lipinski definition) is 5. The number of nitrogens with one attached hydrogen (secondary N) is 1. The topological polar surface area (TPSA) is 56.5 Å². The second-order valence-electron chi connectivity index (χ2n) is 4.92. The number of aryl methyl sites for hydroxylation is 1. The Morgan fingerprint density at radius 3 is 2.90 bits per heavy atom. The summed E-state index contributed by atoms with van der Waals surface area (Å²) in [6.07, 6.45) is 2.57. The molecule has 0 atom stereocenters. The van der Waals surface area contributed by atoms with Crippen LogP contribution in [0.3, 0.4) is 0 Å². The molecule has 1 aliphatic rings. The minimum Gasteiger partial charge on any atom is -0.489 e. The van der Waals surface area contributed by atoms with Gasteiger partial charge in [-0.25, -0.2) is 4.98 Å². The maximum absolute atomic E-state index is 6.26. The molecule has 6 heteroatoms. The number of rotatable bonds is 4. The van der Waals surface area contributed by atoms with E-state index in [9.17, 15) is 0 Å². The zero-order valence-electron chi connectivity index (χ0n) is 11.8. The van der Waals surface area contributed by atoms with E-state index in [-0.39, 0.29) is 0 Å². The second-order valence-corrected chi connectivity index (χ2v) is 5.33. The van der Waals surface area contributed by atoms with Crippen molar-refractivity contribution in [3.8, 4) is 11.5 Å². The molecule has 5 nitrogen and oxygen atoms in total. The van der Waals surface area contributed by atoms with E-state index in [0.717, 1.165) is 17.7 Å². The summed E-state index contributed by atoms with van der Waals surface area (Å²) in [6, 6.07) is 3.85. The summed E-state index contributed by atoms with van der Waals surface area (Å²) in [4.78, 5) is 4.15. The number of hydrogen-bond donors (Lipinski definition) is 1. The first-order valence-electron chi connectivity index (χ1n) is 6.92. The molecule has 2 heterocycles. The van der Waals surface area contributed by atoms with Gasteiger partial charge in [0.2, 0.25) is 5.89 Å². The first kappa shape index (κ1) is 14.2. The van der Waals surface area contributed by atoms with Gasteiger partial charge in [-0.2, -0.15) is 0 Å². The van der Waals surface area contributed by atoms with Gasteiger partial charge in [0, 0.05) is 13.0 Å². The van der Waals surface area contributed by atoms with Crippen molar-refractivity contribution in [3.05, 3.63) is 40.6 Å². The Balaban J connectivity index is 1.65. The van der Waals surface area contributed by atoms with Crippen LogP contribution in [0, 0.1) is 6.92 Å². The third-order valence-corrected chi connectivity index (χ3v) is 3.42. The molecular formula is C15H17ClN2O3. The molecule has 0 aliphatic carbocycles. The first-order valence-corrected chi connectivity index (χ1v) is 7.30. The number of oxazole rings is 1. The predicted octanol–water partition coefficient (Wildman–Crippen LogP) is 3.09. The molecule has 0 fully saturated rings. The third-order valence-electron chi connectivity index (χ3n) is 3.14. The van der Waals surface area contributed by atoms with Crippen LogP contribution in [-0.2, 0) is 13.1 Å². The number of fused-ring (bicyclic) bond motifs is 1. The maximum atomic E-state index is 6.26. The number of ether oxygens (including phenoxy) is 2. The Labute approximate surface area is 128 Å². The van der Waals surface area contributed by atoms with Crippen LogP contribution in [0.4, 0.5) is 0 Å². The normalized spacial score (nSPS) is 14.0. The van der Waals surface area contributed by atoms with Crippen LogP contribution >= 0.6 is 11.6 Å². The molecule has 3 rings (SSSR count). The number of aromatic nitrogens is 1. The predicted molar refractivity (Wildman–Crippen MR) is 78.8 cm³/mol. The van der Waals surface area contributed by atoms with Crippen molar-refractivity contribution in [2.75, 3.05) is 13.2 Å². The van der Waals surface area contributed by atoms with Crippen LogP contribution in [0.1, 0.15) is 23.6 Å². The molecule has 112 valence electrons. The molecule has 0 unspecified atom stereocenters. The summed E-state index contributed by atoms with van der Waals surface area (Å²) < 4.78 is 16.7. The van der Waals surface area contributed by atoms with E-state index in [1.165, 1.54) is 0 Å². The summed E-state index contributed by atoms with van der Waals surface area (Å²) in [5.74, 6) is 2.84. The van der Waals surface area contributed by atoms with Crippen LogP contribution in [0.25, 0.3) is 0 Å². The average Bonchev–Trinajstić information content (AvgIpc) is 2.73. The minimum atomic E-state index is 0.569. The molecule has 0 bridgehead atoms. The van der Waals surface area contributed by atoms with Crippen molar-refractivity contribution < 1.29 is 13.9 Å². The van der Waals surface area contributed by atoms with E-state index < -0.39 is 0 Å². The lowest BCUT2D eigenvalue weighted by molar-refractivity contribution is 0.297. The molecule has 0 saturated carbocycles. The fourth-order valence-electron chi connectivity index (χ4n) is 2.18. The highest BCUT2D eigenvalue weighted by Gasteiger charge is 2.15. The Bertz CT molecular complexity index is 627. The van der Waals surface area contributed by atoms with Crippen molar-refractivity contribution in [1.29, 1.82) is 0 Å². The van der Waals surface area contributed by atoms with Gasteiger partial charge in [0.15, 0.2) is 11.5 Å². The molecule has 1 aromatic carbocycles. The summed E-state index contributed by atoms with van der Waals surface area (Å²) in [5, 5.41) is 3.85. The monoisotopic (exact) mass is 308 g/mol. The number of halogens is 1. The largest absolute Gasteiger partial charge is 0.489 e. The van der Waals surface area contributed by atoms with Gasteiger partial charge in [-0.05, 0) is 24.6 Å². The summed E-state index contributed by atoms with van der Waals surface area (Å²) >= 11 is 6.26. The minimum absolute atomic E-state index is 0.569. The van der Waals surface area contributed by atoms with Gasteiger partial charge in [0.05, 0.1) is 31.0 Å². The van der Waals surface area contributed by atoms with Gasteiger partial charge in [-0.1, -0.05) is 11.6 Å². The lowest BCUT2D eigenvalue weighted by Crippen LogP contribution is -2.13. The van der Waals surface area contributed by atoms with Crippen LogP contribution in [0.15, 0.2) is 22.7 Å². The van der Waals surface area contributed by atoms with E-state index in [0.29, 0.717) is 48.7 Å². The van der Waals surface area contributed by atoms with E-state index in [1.807, 2.05) is 19.1 Å². The first-order chi connectivity index (χ1) is 10.2. The number of benzene rings is 1. The lowest BCUT2D eigenvalue weighted by Gasteiger charge is -2.11. The molecule has 0 amide bonds. The highest BCUT2D eigenvalue weighted by Crippen LogP contribution is 2.37. The van der Waals surface area contributed by atoms with E-state index >= 15 is 0 Å². The van der Waals surface area contributed by atoms with E-state index in [2.05, 4.69) is 10.3 Å². The second kappa shape index (κ2) is 6.37. The molecule has 2 aromatic rings. The summed E-state index contributed by atoms with van der Waals surface area (Å²) in [7, 11) is 0. The van der Waals surface area contributed by atoms with Crippen molar-refractivity contribution >= 4 is 11.6 Å². The smallest absolute Gasteiger partial charge is 0.208 e. The van der Waals surface area contributed by atoms with Gasteiger partial charge >= 0.3 is 0 Å². The maximum Gasteiger partial charge on any atom is 0.208 e. The fraction of sp³-hybridized carbons (Fsp3) is 0.400. The van der Waals surface area contributed by atoms with Crippen molar-refractivity contribution in [2.24, 2.45) is 0 Å². The Morgan fingerprint density at radius 2 is 2.10 bits per heavy atom. The molecule has 0 radical (unpaired) electrons. The van der Waals surface area contributed by atoms with Gasteiger partial charge in [-0.15, -0.1) is 0 Å². The SMILES string of the molecule is Cc1cnc(CNCc2cc(Cl)c3c(c2)OCCCO3)o1. The van der Waals surface area contributed by atoms with Gasteiger partial charge in [-0.3, -0.25) is 0 Å². The van der Waals surface area contributed by atoms with Crippen LogP contribution in [0.5, 0.6) is 11.5 Å². The average molecular weight is 309 g/mol. The number of nitrogens with zero attached hydrogens (tertiary/aromatic N) is 1. The highest BCUT2D eigenvalue weighted by molar-refractivity contribution is 6.32. The molecule has 0 spiro atoms. The van der Waals surface area contributed by atoms with Gasteiger partial charge < -0.3 is 19.2 Å². The lowest BCUT2D eigenvalue weighted by atomic mass is 10.2. The molecular weight excluding hydrogens is 292 g/mol. The van der Waals surface area contributed by atoms with Crippen molar-refractivity contribution in [2.45, 2.75) is 26.4 Å². The third kappa shape index (κ3) is 3.49. The van der Waals surface area contributed by atoms with E-state index in [1.54, 1.807) is 6.20 Å². The van der Waals surface area contributed by atoms with Crippen molar-refractivity contribution in [1.82, 2.24) is 10.3 Å². The Hall–Kier alpha value is -1.72. The molecule has 1 N–H and O–H groups in total. The zero-order valence-corrected chi connectivity index (χ0v) is 12.6. The quantitative estimate of drug-likeness (QED) is 0.940. The fourth-order valence-corrected chi connectivity index (χ4v) is 2.47. The van der Waals surface area contributed by atoms with Gasteiger partial charge in [0.25, 0.3) is 0 Å². The van der Waals surface area contributed by atoms with Crippen LogP contribution in [-0.4, -0.2) is 18.2 Å². The Kier molecular flexibility index (Phi) is 4.31. The molecule has 1 aliphatic heterocycles. The van der Waals surface area contributed by atoms with Crippen molar-refractivity contribution in [3.63, 3.8) is 0 Å². The highest BCUT2D eigenvalue weighted by atomic mass is 35.5. The van der Waals surface area contributed by atoms with Crippen LogP contribution < -0.4 is 14.8 Å². The standard InChI is InChI=1S/C15H17ClN2O3/c1-10-7-18-14(21-10)9-17-8-11-5-12(16)15-13(6-11)19-3-2-4-20-15/h5-7,17H,2-4,8-9H2,1H3. The summed E-state index contributed by atoms with van der Waals surface area (Å²) in [6.45, 7) is 4.38. The van der Waals surface area contributed by atoms with E-state index in [4.69, 9.17) is 25.5 Å². The summed E-state index contributed by atoms with van der Waals surface area (Å²) in [5.41, 5.74) is 1.03. The van der Waals surface area contributed by atoms with Gasteiger partial charge in [0.1, 0.15) is 5.76 Å². The Morgan fingerprint density at radius 1 is 1.24 bits per heavy atom. The zero-order chi connectivity index (χ0) is 14.7. The molecule has 21 heavy (non-hydrogen) atoms. The molecule has 0 saturated heterocycles.